The summed E-state index contributed by atoms with van der Waals surface area (Å²) < 4.78 is 1.67. The van der Waals surface area contributed by atoms with Gasteiger partial charge in [-0.2, -0.15) is 9.61 Å². The first-order valence-electron chi connectivity index (χ1n) is 4.94. The summed E-state index contributed by atoms with van der Waals surface area (Å²) >= 11 is 1.74. The van der Waals surface area contributed by atoms with E-state index in [1.54, 1.807) is 28.1 Å². The van der Waals surface area contributed by atoms with Crippen molar-refractivity contribution in [3.05, 3.63) is 46.4 Å². The lowest BCUT2D eigenvalue weighted by Crippen LogP contribution is -1.99. The van der Waals surface area contributed by atoms with Gasteiger partial charge in [0.25, 0.3) is 0 Å². The highest BCUT2D eigenvalue weighted by molar-refractivity contribution is 7.09. The minimum absolute atomic E-state index is 0.613. The molecular formula is C11H10N4S. The van der Waals surface area contributed by atoms with E-state index >= 15 is 0 Å². The summed E-state index contributed by atoms with van der Waals surface area (Å²) in [4.78, 5) is 5.61. The number of anilines is 1. The molecule has 0 aliphatic rings. The Labute approximate surface area is 96.4 Å². The molecule has 0 aliphatic heterocycles. The molecule has 2 N–H and O–H groups in total. The van der Waals surface area contributed by atoms with Crippen LogP contribution in [0.15, 0.2) is 36.0 Å². The third-order valence-electron chi connectivity index (χ3n) is 2.45. The number of nitrogens with zero attached hydrogens (tertiary/aromatic N) is 3. The maximum absolute atomic E-state index is 5.81. The van der Waals surface area contributed by atoms with E-state index in [0.717, 1.165) is 17.6 Å². The van der Waals surface area contributed by atoms with Crippen LogP contribution in [0.1, 0.15) is 10.4 Å². The molecule has 0 bridgehead atoms. The predicted molar refractivity (Wildman–Crippen MR) is 64.5 cm³/mol. The van der Waals surface area contributed by atoms with E-state index in [0.29, 0.717) is 5.82 Å². The lowest BCUT2D eigenvalue weighted by molar-refractivity contribution is 0.952. The SMILES string of the molecule is Nc1ccnc2c(Cc3cccs3)cnn12. The van der Waals surface area contributed by atoms with Crippen LogP contribution in [0.3, 0.4) is 0 Å². The van der Waals surface area contributed by atoms with Crippen LogP contribution >= 0.6 is 11.3 Å². The van der Waals surface area contributed by atoms with E-state index in [-0.39, 0.29) is 0 Å². The van der Waals surface area contributed by atoms with Crippen molar-refractivity contribution in [1.29, 1.82) is 0 Å². The highest BCUT2D eigenvalue weighted by atomic mass is 32.1. The molecule has 3 aromatic rings. The van der Waals surface area contributed by atoms with Crippen LogP contribution in [0.25, 0.3) is 5.65 Å². The van der Waals surface area contributed by atoms with Crippen LogP contribution in [0.2, 0.25) is 0 Å². The van der Waals surface area contributed by atoms with E-state index in [4.69, 9.17) is 5.73 Å². The van der Waals surface area contributed by atoms with Crippen LogP contribution < -0.4 is 5.73 Å². The molecule has 3 heterocycles. The number of fused-ring (bicyclic) bond motifs is 1. The third kappa shape index (κ3) is 1.45. The molecule has 0 radical (unpaired) electrons. The Kier molecular flexibility index (Phi) is 2.11. The molecule has 0 amide bonds. The number of nitrogens with two attached hydrogens (primary N) is 1. The standard InChI is InChI=1S/C11H10N4S/c12-10-3-4-13-11-8(7-14-15(10)11)6-9-2-1-5-16-9/h1-5,7H,6,12H2. The van der Waals surface area contributed by atoms with Crippen molar-refractivity contribution >= 4 is 22.8 Å². The van der Waals surface area contributed by atoms with Gasteiger partial charge in [0, 0.05) is 23.1 Å². The molecule has 0 fully saturated rings. The van der Waals surface area contributed by atoms with Crippen molar-refractivity contribution in [1.82, 2.24) is 14.6 Å². The van der Waals surface area contributed by atoms with Gasteiger partial charge in [-0.25, -0.2) is 4.98 Å². The number of rotatable bonds is 2. The van der Waals surface area contributed by atoms with E-state index in [9.17, 15) is 0 Å². The zero-order valence-electron chi connectivity index (χ0n) is 8.50. The smallest absolute Gasteiger partial charge is 0.160 e. The number of thiophene rings is 1. The molecule has 0 saturated carbocycles. The molecule has 0 saturated heterocycles. The van der Waals surface area contributed by atoms with Gasteiger partial charge in [-0.15, -0.1) is 11.3 Å². The lowest BCUT2D eigenvalue weighted by Gasteiger charge is -1.98. The summed E-state index contributed by atoms with van der Waals surface area (Å²) in [6, 6.07) is 5.91. The highest BCUT2D eigenvalue weighted by Crippen LogP contribution is 2.18. The summed E-state index contributed by atoms with van der Waals surface area (Å²) in [5, 5.41) is 6.30. The largest absolute Gasteiger partial charge is 0.384 e. The number of nitrogen functional groups attached to an aromatic ring is 1. The quantitative estimate of drug-likeness (QED) is 0.732. The molecule has 0 unspecified atom stereocenters. The molecule has 0 aliphatic carbocycles. The second-order valence-electron chi connectivity index (χ2n) is 3.53. The first-order valence-corrected chi connectivity index (χ1v) is 5.82. The van der Waals surface area contributed by atoms with E-state index in [2.05, 4.69) is 21.5 Å². The van der Waals surface area contributed by atoms with Crippen molar-refractivity contribution in [2.45, 2.75) is 6.42 Å². The van der Waals surface area contributed by atoms with Crippen LogP contribution in [0, 0.1) is 0 Å². The van der Waals surface area contributed by atoms with Gasteiger partial charge in [0.15, 0.2) is 5.65 Å². The Morgan fingerprint density at radius 1 is 1.38 bits per heavy atom. The third-order valence-corrected chi connectivity index (χ3v) is 3.32. The topological polar surface area (TPSA) is 56.2 Å². The first kappa shape index (κ1) is 9.35. The van der Waals surface area contributed by atoms with Crippen molar-refractivity contribution < 1.29 is 0 Å². The number of aromatic nitrogens is 3. The number of hydrogen-bond donors (Lipinski definition) is 1. The van der Waals surface area contributed by atoms with Crippen LogP contribution in [-0.2, 0) is 6.42 Å². The Morgan fingerprint density at radius 3 is 3.12 bits per heavy atom. The van der Waals surface area contributed by atoms with E-state index in [1.165, 1.54) is 4.88 Å². The second kappa shape index (κ2) is 3.61. The van der Waals surface area contributed by atoms with Gasteiger partial charge in [-0.05, 0) is 17.5 Å². The average molecular weight is 230 g/mol. The van der Waals surface area contributed by atoms with Crippen molar-refractivity contribution in [3.63, 3.8) is 0 Å². The zero-order chi connectivity index (χ0) is 11.0. The molecule has 5 heteroatoms. The summed E-state index contributed by atoms with van der Waals surface area (Å²) in [5.41, 5.74) is 7.75. The minimum Gasteiger partial charge on any atom is -0.384 e. The molecule has 0 spiro atoms. The molecule has 16 heavy (non-hydrogen) atoms. The van der Waals surface area contributed by atoms with E-state index < -0.39 is 0 Å². The molecule has 4 nitrogen and oxygen atoms in total. The maximum Gasteiger partial charge on any atom is 0.160 e. The van der Waals surface area contributed by atoms with Crippen LogP contribution in [0.4, 0.5) is 5.82 Å². The van der Waals surface area contributed by atoms with Gasteiger partial charge in [0.2, 0.25) is 0 Å². The predicted octanol–water partition coefficient (Wildman–Crippen LogP) is 1.96. The van der Waals surface area contributed by atoms with Gasteiger partial charge in [0.05, 0.1) is 6.20 Å². The monoisotopic (exact) mass is 230 g/mol. The summed E-state index contributed by atoms with van der Waals surface area (Å²) in [7, 11) is 0. The zero-order valence-corrected chi connectivity index (χ0v) is 9.31. The van der Waals surface area contributed by atoms with Gasteiger partial charge in [-0.1, -0.05) is 6.07 Å². The van der Waals surface area contributed by atoms with E-state index in [1.807, 2.05) is 12.3 Å². The van der Waals surface area contributed by atoms with Gasteiger partial charge in [-0.3, -0.25) is 0 Å². The highest BCUT2D eigenvalue weighted by Gasteiger charge is 2.07. The van der Waals surface area contributed by atoms with Crippen LogP contribution in [-0.4, -0.2) is 14.6 Å². The Bertz CT molecular complexity index is 612. The Balaban J connectivity index is 2.08. The summed E-state index contributed by atoms with van der Waals surface area (Å²) in [5.74, 6) is 0.613. The molecule has 0 atom stereocenters. The molecule has 80 valence electrons. The second-order valence-corrected chi connectivity index (χ2v) is 4.56. The summed E-state index contributed by atoms with van der Waals surface area (Å²) in [6.07, 6.45) is 4.40. The van der Waals surface area contributed by atoms with Crippen molar-refractivity contribution in [3.8, 4) is 0 Å². The number of hydrogen-bond acceptors (Lipinski definition) is 4. The molecule has 3 rings (SSSR count). The Morgan fingerprint density at radius 2 is 2.31 bits per heavy atom. The first-order chi connectivity index (χ1) is 7.84. The Hall–Kier alpha value is -1.88. The molecule has 3 aromatic heterocycles. The fourth-order valence-electron chi connectivity index (χ4n) is 1.68. The van der Waals surface area contributed by atoms with Gasteiger partial charge < -0.3 is 5.73 Å². The fourth-order valence-corrected chi connectivity index (χ4v) is 2.41. The fraction of sp³-hybridized carbons (Fsp3) is 0.0909. The van der Waals surface area contributed by atoms with Crippen LogP contribution in [0.5, 0.6) is 0 Å². The lowest BCUT2D eigenvalue weighted by atomic mass is 10.2. The van der Waals surface area contributed by atoms with Crippen molar-refractivity contribution in [2.75, 3.05) is 5.73 Å². The van der Waals surface area contributed by atoms with Gasteiger partial charge in [0.1, 0.15) is 5.82 Å². The average Bonchev–Trinajstić information content (AvgIpc) is 2.90. The minimum atomic E-state index is 0.613. The summed E-state index contributed by atoms with van der Waals surface area (Å²) in [6.45, 7) is 0. The molecular weight excluding hydrogens is 220 g/mol. The van der Waals surface area contributed by atoms with Crippen molar-refractivity contribution in [2.24, 2.45) is 0 Å². The molecule has 0 aromatic carbocycles. The normalized spacial score (nSPS) is 11.0. The maximum atomic E-state index is 5.81. The van der Waals surface area contributed by atoms with Gasteiger partial charge >= 0.3 is 0 Å².